The minimum atomic E-state index is -0.775. The van der Waals surface area contributed by atoms with Crippen molar-refractivity contribution < 1.29 is 14.3 Å². The molecule has 2 aromatic heterocycles. The number of nitrogens with zero attached hydrogens (tertiary/aromatic N) is 5. The molecule has 1 aromatic carbocycles. The molecule has 32 heavy (non-hydrogen) atoms. The molecule has 1 aliphatic heterocycles. The maximum Gasteiger partial charge on any atom is 0.259 e. The van der Waals surface area contributed by atoms with Crippen LogP contribution in [0.4, 0.5) is 16.1 Å². The number of rotatable bonds is 8. The van der Waals surface area contributed by atoms with E-state index in [1.54, 1.807) is 37.4 Å². The lowest BCUT2D eigenvalue weighted by atomic mass is 10.1. The molecule has 0 spiro atoms. The second-order valence-corrected chi connectivity index (χ2v) is 8.51. The topological polar surface area (TPSA) is 114 Å². The van der Waals surface area contributed by atoms with Crippen molar-refractivity contribution in [2.24, 2.45) is 0 Å². The summed E-state index contributed by atoms with van der Waals surface area (Å²) < 4.78 is 10.5. The highest BCUT2D eigenvalue weighted by Crippen LogP contribution is 2.27. The fraction of sp³-hybridized carbons (Fsp3) is 0.350. The summed E-state index contributed by atoms with van der Waals surface area (Å²) in [5.74, 6) is 1.12. The number of amides is 1. The van der Waals surface area contributed by atoms with Gasteiger partial charge in [0, 0.05) is 32.3 Å². The summed E-state index contributed by atoms with van der Waals surface area (Å²) >= 11 is 7.28. The van der Waals surface area contributed by atoms with Crippen molar-refractivity contribution in [2.75, 3.05) is 42.8 Å². The molecule has 0 bridgehead atoms. The maximum absolute atomic E-state index is 12.7. The Bertz CT molecular complexity index is 1070. The Morgan fingerprint density at radius 1 is 1.22 bits per heavy atom. The highest BCUT2D eigenvalue weighted by atomic mass is 35.5. The van der Waals surface area contributed by atoms with Crippen LogP contribution in [0.2, 0.25) is 5.02 Å². The van der Waals surface area contributed by atoms with Gasteiger partial charge in [0.25, 0.3) is 5.91 Å². The molecule has 10 nitrogen and oxygen atoms in total. The Balaban J connectivity index is 1.33. The molecule has 1 aliphatic rings. The van der Waals surface area contributed by atoms with Gasteiger partial charge in [0.15, 0.2) is 11.9 Å². The molecule has 2 N–H and O–H groups in total. The number of hydrogen-bond acceptors (Lipinski definition) is 10. The Labute approximate surface area is 193 Å². The van der Waals surface area contributed by atoms with E-state index in [9.17, 15) is 4.79 Å². The number of carbonyl (C=O) groups excluding carboxylic acids is 1. The van der Waals surface area contributed by atoms with Gasteiger partial charge in [-0.3, -0.25) is 10.1 Å². The van der Waals surface area contributed by atoms with Gasteiger partial charge in [-0.15, -0.1) is 15.3 Å². The van der Waals surface area contributed by atoms with E-state index in [2.05, 4.69) is 35.9 Å². The van der Waals surface area contributed by atoms with Crippen LogP contribution in [-0.2, 0) is 9.53 Å². The number of aromatic nitrogens is 4. The molecule has 2 unspecified atom stereocenters. The summed E-state index contributed by atoms with van der Waals surface area (Å²) in [6, 6.07) is 9.09. The third-order valence-corrected chi connectivity index (χ3v) is 5.97. The predicted molar refractivity (Wildman–Crippen MR) is 123 cm³/mol. The van der Waals surface area contributed by atoms with E-state index in [-0.39, 0.29) is 11.9 Å². The zero-order chi connectivity index (χ0) is 22.5. The molecule has 12 heteroatoms. The maximum atomic E-state index is 12.7. The quantitative estimate of drug-likeness (QED) is 0.507. The van der Waals surface area contributed by atoms with Gasteiger partial charge in [0.05, 0.1) is 18.3 Å². The van der Waals surface area contributed by atoms with Crippen molar-refractivity contribution >= 4 is 44.9 Å². The van der Waals surface area contributed by atoms with Gasteiger partial charge in [0.1, 0.15) is 5.75 Å². The van der Waals surface area contributed by atoms with Crippen molar-refractivity contribution in [3.05, 3.63) is 47.1 Å². The molecular formula is C20H22ClN7O3S. The zero-order valence-electron chi connectivity index (χ0n) is 17.5. The third kappa shape index (κ3) is 5.23. The van der Waals surface area contributed by atoms with Crippen molar-refractivity contribution in [1.82, 2.24) is 20.4 Å². The van der Waals surface area contributed by atoms with Crippen molar-refractivity contribution in [2.45, 2.75) is 18.6 Å². The summed E-state index contributed by atoms with van der Waals surface area (Å²) in [4.78, 5) is 14.8. The molecule has 2 atom stereocenters. The Morgan fingerprint density at radius 3 is 2.72 bits per heavy atom. The summed E-state index contributed by atoms with van der Waals surface area (Å²) in [6.07, 6.45) is 1.64. The van der Waals surface area contributed by atoms with E-state index in [4.69, 9.17) is 21.1 Å². The molecule has 0 radical (unpaired) electrons. The van der Waals surface area contributed by atoms with Crippen LogP contribution in [0.25, 0.3) is 0 Å². The third-order valence-electron chi connectivity index (χ3n) is 5.00. The number of nitrogens with one attached hydrogen (secondary N) is 2. The van der Waals surface area contributed by atoms with Crippen LogP contribution in [0.15, 0.2) is 36.5 Å². The van der Waals surface area contributed by atoms with Gasteiger partial charge in [-0.25, -0.2) is 0 Å². The average molecular weight is 476 g/mol. The van der Waals surface area contributed by atoms with Gasteiger partial charge < -0.3 is 19.7 Å². The zero-order valence-corrected chi connectivity index (χ0v) is 19.1. The van der Waals surface area contributed by atoms with E-state index in [1.165, 1.54) is 24.6 Å². The van der Waals surface area contributed by atoms with Crippen LogP contribution in [-0.4, -0.2) is 59.7 Å². The van der Waals surface area contributed by atoms with Gasteiger partial charge in [0.2, 0.25) is 10.3 Å². The van der Waals surface area contributed by atoms with Crippen molar-refractivity contribution in [1.29, 1.82) is 0 Å². The molecular weight excluding hydrogens is 454 g/mol. The summed E-state index contributed by atoms with van der Waals surface area (Å²) in [5.41, 5.74) is 0.712. The predicted octanol–water partition coefficient (Wildman–Crippen LogP) is 3.01. The fourth-order valence-electron chi connectivity index (χ4n) is 3.42. The number of methoxy groups -OCH3 is 2. The summed E-state index contributed by atoms with van der Waals surface area (Å²) in [6.45, 7) is 1.56. The van der Waals surface area contributed by atoms with Crippen molar-refractivity contribution in [3.8, 4) is 5.75 Å². The average Bonchev–Trinajstić information content (AvgIpc) is 3.44. The first kappa shape index (κ1) is 22.2. The van der Waals surface area contributed by atoms with Crippen LogP contribution in [0.1, 0.15) is 18.1 Å². The van der Waals surface area contributed by atoms with E-state index >= 15 is 0 Å². The standard InChI is InChI=1S/C20H22ClN7O3S/c1-30-15-5-3-12(4-6-15)17(31-2)18(29)24-20-27-26-19(32-20)23-14-7-8-28(11-14)16-9-13(21)10-22-25-16/h3-6,9-10,14,17H,7-8,11H2,1-2H3,(H,23,26)(H,24,27,29). The highest BCUT2D eigenvalue weighted by molar-refractivity contribution is 7.19. The van der Waals surface area contributed by atoms with E-state index in [0.717, 1.165) is 25.3 Å². The lowest BCUT2D eigenvalue weighted by Crippen LogP contribution is -2.26. The Kier molecular flexibility index (Phi) is 6.98. The first-order valence-electron chi connectivity index (χ1n) is 9.86. The second-order valence-electron chi connectivity index (χ2n) is 7.10. The molecule has 4 rings (SSSR count). The minimum Gasteiger partial charge on any atom is -0.497 e. The smallest absolute Gasteiger partial charge is 0.259 e. The number of halogens is 1. The normalized spacial score (nSPS) is 16.6. The lowest BCUT2D eigenvalue weighted by molar-refractivity contribution is -0.126. The van der Waals surface area contributed by atoms with E-state index in [1.807, 2.05) is 0 Å². The lowest BCUT2D eigenvalue weighted by Gasteiger charge is -2.17. The number of anilines is 3. The van der Waals surface area contributed by atoms with Crippen LogP contribution in [0.3, 0.4) is 0 Å². The largest absolute Gasteiger partial charge is 0.497 e. The first-order valence-corrected chi connectivity index (χ1v) is 11.1. The molecule has 1 fully saturated rings. The second kappa shape index (κ2) is 10.1. The highest BCUT2D eigenvalue weighted by Gasteiger charge is 2.26. The molecule has 1 amide bonds. The molecule has 0 aliphatic carbocycles. The molecule has 3 aromatic rings. The summed E-state index contributed by atoms with van der Waals surface area (Å²) in [7, 11) is 3.07. The Morgan fingerprint density at radius 2 is 2.00 bits per heavy atom. The monoisotopic (exact) mass is 475 g/mol. The summed E-state index contributed by atoms with van der Waals surface area (Å²) in [5, 5.41) is 24.0. The van der Waals surface area contributed by atoms with Gasteiger partial charge in [-0.2, -0.15) is 5.10 Å². The number of ether oxygens (including phenoxy) is 2. The van der Waals surface area contributed by atoms with Gasteiger partial charge in [-0.05, 0) is 24.1 Å². The first-order chi connectivity index (χ1) is 15.6. The van der Waals surface area contributed by atoms with E-state index < -0.39 is 6.10 Å². The Hall–Kier alpha value is -3.02. The molecule has 1 saturated heterocycles. The van der Waals surface area contributed by atoms with Crippen molar-refractivity contribution in [3.63, 3.8) is 0 Å². The fourth-order valence-corrected chi connectivity index (χ4v) is 4.29. The molecule has 168 valence electrons. The van der Waals surface area contributed by atoms with Crippen LogP contribution >= 0.6 is 22.9 Å². The van der Waals surface area contributed by atoms with Crippen LogP contribution in [0, 0.1) is 0 Å². The van der Waals surface area contributed by atoms with E-state index in [0.29, 0.717) is 26.6 Å². The number of hydrogen-bond donors (Lipinski definition) is 2. The molecule has 0 saturated carbocycles. The molecule has 3 heterocycles. The minimum absolute atomic E-state index is 0.165. The SMILES string of the molecule is COc1ccc(C(OC)C(=O)Nc2nnc(NC3CCN(c4cc(Cl)cnn4)C3)s2)cc1. The number of benzene rings is 1. The van der Waals surface area contributed by atoms with Gasteiger partial charge in [-0.1, -0.05) is 35.1 Å². The van der Waals surface area contributed by atoms with Crippen LogP contribution < -0.4 is 20.3 Å². The van der Waals surface area contributed by atoms with Gasteiger partial charge >= 0.3 is 0 Å². The van der Waals surface area contributed by atoms with Crippen LogP contribution in [0.5, 0.6) is 5.75 Å². The number of carbonyl (C=O) groups is 1.